The van der Waals surface area contributed by atoms with Gasteiger partial charge in [-0.2, -0.15) is 0 Å². The first-order valence-corrected chi connectivity index (χ1v) is 6.92. The van der Waals surface area contributed by atoms with Gasteiger partial charge in [-0.15, -0.1) is 0 Å². The molecule has 0 radical (unpaired) electrons. The van der Waals surface area contributed by atoms with Gasteiger partial charge in [0.15, 0.2) is 0 Å². The molecule has 5 nitrogen and oxygen atoms in total. The maximum atomic E-state index is 11.9. The fraction of sp³-hybridized carbons (Fsp3) is 0.455. The Balaban J connectivity index is 2.76. The number of benzene rings is 1. The van der Waals surface area contributed by atoms with Gasteiger partial charge in [-0.25, -0.2) is 13.1 Å². The highest BCUT2D eigenvalue weighted by molar-refractivity contribution is 7.89. The van der Waals surface area contributed by atoms with E-state index in [1.807, 2.05) is 0 Å². The summed E-state index contributed by atoms with van der Waals surface area (Å²) in [5, 5.41) is 8.60. The predicted octanol–water partition coefficient (Wildman–Crippen LogP) is 0.628. The summed E-state index contributed by atoms with van der Waals surface area (Å²) in [5.41, 5.74) is 6.74. The number of aliphatic hydroxyl groups is 1. The molecule has 0 heterocycles. The maximum Gasteiger partial charge on any atom is 0.240 e. The Labute approximate surface area is 102 Å². The third-order valence-corrected chi connectivity index (χ3v) is 3.99. The Morgan fingerprint density at radius 2 is 2.06 bits per heavy atom. The van der Waals surface area contributed by atoms with E-state index in [1.165, 1.54) is 6.07 Å². The summed E-state index contributed by atoms with van der Waals surface area (Å²) in [4.78, 5) is 0.246. The van der Waals surface area contributed by atoms with E-state index >= 15 is 0 Å². The molecule has 0 aliphatic rings. The van der Waals surface area contributed by atoms with Gasteiger partial charge in [-0.1, -0.05) is 0 Å². The second-order valence-corrected chi connectivity index (χ2v) is 5.59. The first kappa shape index (κ1) is 14.0. The first-order chi connectivity index (χ1) is 7.97. The van der Waals surface area contributed by atoms with E-state index in [4.69, 9.17) is 10.8 Å². The molecular formula is C11H18N2O3S. The Bertz CT molecular complexity index is 472. The maximum absolute atomic E-state index is 11.9. The van der Waals surface area contributed by atoms with Crippen molar-refractivity contribution in [3.8, 4) is 0 Å². The standard InChI is InChI=1S/C11H18N2O3S/c1-9-8-10(12)4-5-11(9)17(15,16)13-6-2-3-7-14/h4-5,8,13-14H,2-3,6-7,12H2,1H3. The molecule has 17 heavy (non-hydrogen) atoms. The van der Waals surface area contributed by atoms with Crippen LogP contribution in [0.4, 0.5) is 5.69 Å². The lowest BCUT2D eigenvalue weighted by atomic mass is 10.2. The van der Waals surface area contributed by atoms with Crippen molar-refractivity contribution in [3.63, 3.8) is 0 Å². The van der Waals surface area contributed by atoms with Crippen LogP contribution in [0.3, 0.4) is 0 Å². The molecule has 6 heteroatoms. The summed E-state index contributed by atoms with van der Waals surface area (Å²) in [5.74, 6) is 0. The van der Waals surface area contributed by atoms with Gasteiger partial charge in [-0.3, -0.25) is 0 Å². The highest BCUT2D eigenvalue weighted by atomic mass is 32.2. The van der Waals surface area contributed by atoms with Gasteiger partial charge < -0.3 is 10.8 Å². The van der Waals surface area contributed by atoms with E-state index in [9.17, 15) is 8.42 Å². The minimum absolute atomic E-state index is 0.0720. The molecule has 0 amide bonds. The Morgan fingerprint density at radius 3 is 2.65 bits per heavy atom. The quantitative estimate of drug-likeness (QED) is 0.515. The number of nitrogen functional groups attached to an aromatic ring is 1. The lowest BCUT2D eigenvalue weighted by Crippen LogP contribution is -2.25. The lowest BCUT2D eigenvalue weighted by molar-refractivity contribution is 0.285. The van der Waals surface area contributed by atoms with Crippen molar-refractivity contribution in [1.82, 2.24) is 4.72 Å². The second kappa shape index (κ2) is 6.00. The van der Waals surface area contributed by atoms with Gasteiger partial charge in [0.2, 0.25) is 10.0 Å². The highest BCUT2D eigenvalue weighted by Gasteiger charge is 2.15. The number of hydrogen-bond acceptors (Lipinski definition) is 4. The number of anilines is 1. The normalized spacial score (nSPS) is 11.6. The van der Waals surface area contributed by atoms with Gasteiger partial charge in [0.1, 0.15) is 0 Å². The molecule has 0 spiro atoms. The summed E-state index contributed by atoms with van der Waals surface area (Å²) in [6, 6.07) is 4.69. The molecule has 96 valence electrons. The number of rotatable bonds is 6. The minimum atomic E-state index is -3.48. The van der Waals surface area contributed by atoms with Gasteiger partial charge in [0, 0.05) is 18.8 Å². The highest BCUT2D eigenvalue weighted by Crippen LogP contribution is 2.17. The van der Waals surface area contributed by atoms with Crippen molar-refractivity contribution >= 4 is 15.7 Å². The summed E-state index contributed by atoms with van der Waals surface area (Å²) in [7, 11) is -3.48. The van der Waals surface area contributed by atoms with Crippen LogP contribution in [0.2, 0.25) is 0 Å². The molecule has 0 saturated heterocycles. The first-order valence-electron chi connectivity index (χ1n) is 5.44. The largest absolute Gasteiger partial charge is 0.399 e. The van der Waals surface area contributed by atoms with Crippen molar-refractivity contribution in [3.05, 3.63) is 23.8 Å². The fourth-order valence-corrected chi connectivity index (χ4v) is 2.79. The Kier molecular flexibility index (Phi) is 4.92. The SMILES string of the molecule is Cc1cc(N)ccc1S(=O)(=O)NCCCCO. The number of nitrogens with one attached hydrogen (secondary N) is 1. The third-order valence-electron chi connectivity index (χ3n) is 2.37. The van der Waals surface area contributed by atoms with E-state index in [0.717, 1.165) is 0 Å². The topological polar surface area (TPSA) is 92.4 Å². The number of nitrogens with two attached hydrogens (primary N) is 1. The summed E-state index contributed by atoms with van der Waals surface area (Å²) < 4.78 is 26.3. The second-order valence-electron chi connectivity index (χ2n) is 3.85. The van der Waals surface area contributed by atoms with Crippen LogP contribution in [-0.2, 0) is 10.0 Å². The minimum Gasteiger partial charge on any atom is -0.399 e. The molecule has 1 aromatic carbocycles. The zero-order valence-corrected chi connectivity index (χ0v) is 10.6. The van der Waals surface area contributed by atoms with E-state index in [1.54, 1.807) is 19.1 Å². The summed E-state index contributed by atoms with van der Waals surface area (Å²) in [6.45, 7) is 2.11. The number of aryl methyl sites for hydroxylation is 1. The third kappa shape index (κ3) is 3.99. The number of unbranched alkanes of at least 4 members (excludes halogenated alkanes) is 1. The van der Waals surface area contributed by atoms with E-state index in [-0.39, 0.29) is 11.5 Å². The van der Waals surface area contributed by atoms with Crippen LogP contribution < -0.4 is 10.5 Å². The lowest BCUT2D eigenvalue weighted by Gasteiger charge is -2.09. The zero-order chi connectivity index (χ0) is 12.9. The van der Waals surface area contributed by atoms with E-state index in [2.05, 4.69) is 4.72 Å². The molecule has 0 fully saturated rings. The van der Waals surface area contributed by atoms with Gasteiger partial charge in [-0.05, 0) is 43.5 Å². The van der Waals surface area contributed by atoms with Gasteiger partial charge in [0.25, 0.3) is 0 Å². The van der Waals surface area contributed by atoms with Crippen LogP contribution in [0.5, 0.6) is 0 Å². The molecule has 4 N–H and O–H groups in total. The molecule has 0 saturated carbocycles. The predicted molar refractivity (Wildman–Crippen MR) is 67.1 cm³/mol. The Hall–Kier alpha value is -1.11. The van der Waals surface area contributed by atoms with Crippen LogP contribution in [-0.4, -0.2) is 26.7 Å². The van der Waals surface area contributed by atoms with Crippen LogP contribution in [0, 0.1) is 6.92 Å². The monoisotopic (exact) mass is 258 g/mol. The van der Waals surface area contributed by atoms with Crippen LogP contribution in [0.15, 0.2) is 23.1 Å². The number of sulfonamides is 1. The van der Waals surface area contributed by atoms with Crippen molar-refractivity contribution in [1.29, 1.82) is 0 Å². The van der Waals surface area contributed by atoms with Crippen LogP contribution in [0.1, 0.15) is 18.4 Å². The van der Waals surface area contributed by atoms with Crippen molar-refractivity contribution < 1.29 is 13.5 Å². The molecule has 0 aliphatic carbocycles. The zero-order valence-electron chi connectivity index (χ0n) is 9.81. The number of hydrogen-bond donors (Lipinski definition) is 3. The average molecular weight is 258 g/mol. The molecule has 0 atom stereocenters. The van der Waals surface area contributed by atoms with Crippen molar-refractivity contribution in [2.75, 3.05) is 18.9 Å². The molecule has 0 bridgehead atoms. The molecule has 0 aromatic heterocycles. The van der Waals surface area contributed by atoms with E-state index in [0.29, 0.717) is 30.6 Å². The Morgan fingerprint density at radius 1 is 1.35 bits per heavy atom. The van der Waals surface area contributed by atoms with Gasteiger partial charge >= 0.3 is 0 Å². The van der Waals surface area contributed by atoms with Crippen LogP contribution >= 0.6 is 0 Å². The molecular weight excluding hydrogens is 240 g/mol. The molecule has 1 aromatic rings. The smallest absolute Gasteiger partial charge is 0.240 e. The average Bonchev–Trinajstić information content (AvgIpc) is 2.24. The molecule has 0 aliphatic heterocycles. The summed E-state index contributed by atoms with van der Waals surface area (Å²) in [6.07, 6.45) is 1.20. The van der Waals surface area contributed by atoms with Crippen molar-refractivity contribution in [2.45, 2.75) is 24.7 Å². The van der Waals surface area contributed by atoms with Gasteiger partial charge in [0.05, 0.1) is 4.90 Å². The molecule has 0 unspecified atom stereocenters. The number of aliphatic hydroxyl groups excluding tert-OH is 1. The van der Waals surface area contributed by atoms with E-state index < -0.39 is 10.0 Å². The van der Waals surface area contributed by atoms with Crippen LogP contribution in [0.25, 0.3) is 0 Å². The fourth-order valence-electron chi connectivity index (χ4n) is 1.50. The van der Waals surface area contributed by atoms with Crippen molar-refractivity contribution in [2.24, 2.45) is 0 Å². The summed E-state index contributed by atoms with van der Waals surface area (Å²) >= 11 is 0. The molecule has 1 rings (SSSR count).